The molecule has 1 unspecified atom stereocenters. The van der Waals surface area contributed by atoms with Crippen LogP contribution >= 0.6 is 0 Å². The topological polar surface area (TPSA) is 204 Å². The molecule has 0 aliphatic carbocycles. The first-order chi connectivity index (χ1) is 10.2. The molecule has 1 aromatic carbocycles. The van der Waals surface area contributed by atoms with E-state index in [-0.39, 0.29) is 17.6 Å². The van der Waals surface area contributed by atoms with Gasteiger partial charge < -0.3 is 21.0 Å². The molecule has 12 nitrogen and oxygen atoms in total. The Labute approximate surface area is 128 Å². The number of carboxylic acid groups (broad SMARTS) is 2. The van der Waals surface area contributed by atoms with Crippen LogP contribution in [0, 0.1) is 20.2 Å². The van der Waals surface area contributed by atoms with E-state index in [2.05, 4.69) is 5.32 Å². The maximum absolute atomic E-state index is 11.0. The number of benzene rings is 1. The van der Waals surface area contributed by atoms with Gasteiger partial charge in [-0.3, -0.25) is 25.0 Å². The Morgan fingerprint density at radius 2 is 1.78 bits per heavy atom. The molecule has 0 aliphatic rings. The van der Waals surface area contributed by atoms with Crippen LogP contribution in [0.5, 0.6) is 0 Å². The molecule has 0 bridgehead atoms. The quantitative estimate of drug-likeness (QED) is 0.444. The molecular weight excluding hydrogens is 318 g/mol. The average molecular weight is 331 g/mol. The predicted octanol–water partition coefficient (Wildman–Crippen LogP) is 0.408. The maximum atomic E-state index is 11.0. The van der Waals surface area contributed by atoms with Gasteiger partial charge in [0.2, 0.25) is 0 Å². The van der Waals surface area contributed by atoms with Gasteiger partial charge in [0, 0.05) is 12.5 Å². The van der Waals surface area contributed by atoms with Gasteiger partial charge in [-0.2, -0.15) is 0 Å². The maximum Gasteiger partial charge on any atom is 0.326 e. The van der Waals surface area contributed by atoms with Gasteiger partial charge in [-0.1, -0.05) is 0 Å². The second kappa shape index (κ2) is 8.23. The molecule has 1 atom stereocenters. The molecule has 23 heavy (non-hydrogen) atoms. The lowest BCUT2D eigenvalue weighted by molar-refractivity contribution is -0.393. The summed E-state index contributed by atoms with van der Waals surface area (Å²) in [6.45, 7) is 0. The van der Waals surface area contributed by atoms with Gasteiger partial charge >= 0.3 is 11.9 Å². The molecule has 126 valence electrons. The molecule has 1 aromatic rings. The van der Waals surface area contributed by atoms with Crippen LogP contribution in [0.1, 0.15) is 12.8 Å². The second-order valence-electron chi connectivity index (χ2n) is 4.18. The second-order valence-corrected chi connectivity index (χ2v) is 4.18. The summed E-state index contributed by atoms with van der Waals surface area (Å²) < 4.78 is 0. The highest BCUT2D eigenvalue weighted by molar-refractivity contribution is 5.80. The molecule has 5 N–H and O–H groups in total. The third kappa shape index (κ3) is 5.55. The number of non-ortho nitro benzene ring substituents is 1. The van der Waals surface area contributed by atoms with Gasteiger partial charge in [0.15, 0.2) is 0 Å². The zero-order valence-electron chi connectivity index (χ0n) is 11.5. The summed E-state index contributed by atoms with van der Waals surface area (Å²) in [5.41, 5.74) is -1.43. The first kappa shape index (κ1) is 19.7. The average Bonchev–Trinajstić information content (AvgIpc) is 2.42. The van der Waals surface area contributed by atoms with Crippen LogP contribution in [0.25, 0.3) is 0 Å². The number of nitrogens with zero attached hydrogens (tertiary/aromatic N) is 2. The fourth-order valence-electron chi connectivity index (χ4n) is 1.62. The number of nitrogens with one attached hydrogen (secondary N) is 1. The lowest BCUT2D eigenvalue weighted by Gasteiger charge is -2.14. The Bertz CT molecular complexity index is 631. The fourth-order valence-corrected chi connectivity index (χ4v) is 1.62. The minimum atomic E-state index is -1.39. The summed E-state index contributed by atoms with van der Waals surface area (Å²) in [6.07, 6.45) is -0.760. The highest BCUT2D eigenvalue weighted by atomic mass is 16.6. The van der Waals surface area contributed by atoms with Crippen LogP contribution in [-0.4, -0.2) is 43.5 Å². The van der Waals surface area contributed by atoms with Crippen molar-refractivity contribution < 1.29 is 35.1 Å². The SMILES string of the molecule is O.O=C(O)CCC(Nc1ccc([N+](=O)[O-])cc1[N+](=O)[O-])C(=O)O. The van der Waals surface area contributed by atoms with E-state index in [1.807, 2.05) is 0 Å². The number of hydrogen-bond donors (Lipinski definition) is 3. The smallest absolute Gasteiger partial charge is 0.326 e. The molecule has 12 heteroatoms. The number of nitro groups is 2. The predicted molar refractivity (Wildman–Crippen MR) is 75.3 cm³/mol. The minimum absolute atomic E-state index is 0. The van der Waals surface area contributed by atoms with Crippen LogP contribution in [-0.2, 0) is 9.59 Å². The normalized spacial score (nSPS) is 11.0. The highest BCUT2D eigenvalue weighted by Gasteiger charge is 2.25. The van der Waals surface area contributed by atoms with E-state index in [1.54, 1.807) is 0 Å². The number of anilines is 1. The van der Waals surface area contributed by atoms with Gasteiger partial charge in [-0.25, -0.2) is 4.79 Å². The minimum Gasteiger partial charge on any atom is -0.481 e. The van der Waals surface area contributed by atoms with Crippen molar-refractivity contribution in [1.82, 2.24) is 0 Å². The van der Waals surface area contributed by atoms with Crippen molar-refractivity contribution in [2.24, 2.45) is 0 Å². The summed E-state index contributed by atoms with van der Waals surface area (Å²) in [4.78, 5) is 41.3. The van der Waals surface area contributed by atoms with Crippen LogP contribution in [0.3, 0.4) is 0 Å². The van der Waals surface area contributed by atoms with Crippen molar-refractivity contribution in [3.05, 3.63) is 38.4 Å². The molecule has 1 rings (SSSR count). The standard InChI is InChI=1S/C11H11N3O8.H2O/c15-10(16)4-3-8(11(17)18)12-7-2-1-6(13(19)20)5-9(7)14(21)22;/h1-2,5,8,12H,3-4H2,(H,15,16)(H,17,18);1H2. The summed E-state index contributed by atoms with van der Waals surface area (Å²) >= 11 is 0. The van der Waals surface area contributed by atoms with E-state index in [1.165, 1.54) is 0 Å². The highest BCUT2D eigenvalue weighted by Crippen LogP contribution is 2.29. The molecule has 0 aromatic heterocycles. The molecule has 0 fully saturated rings. The fraction of sp³-hybridized carbons (Fsp3) is 0.273. The molecular formula is C11H13N3O9. The zero-order chi connectivity index (χ0) is 16.9. The summed E-state index contributed by atoms with van der Waals surface area (Å²) in [5, 5.41) is 41.4. The summed E-state index contributed by atoms with van der Waals surface area (Å²) in [5.74, 6) is -2.61. The number of hydrogen-bond acceptors (Lipinski definition) is 7. The van der Waals surface area contributed by atoms with Crippen molar-refractivity contribution in [3.8, 4) is 0 Å². The van der Waals surface area contributed by atoms with Gasteiger partial charge in [0.25, 0.3) is 11.4 Å². The van der Waals surface area contributed by atoms with E-state index in [0.29, 0.717) is 6.07 Å². The van der Waals surface area contributed by atoms with Crippen molar-refractivity contribution in [1.29, 1.82) is 0 Å². The number of carboxylic acids is 2. The lowest BCUT2D eigenvalue weighted by Crippen LogP contribution is -2.30. The molecule has 0 spiro atoms. The number of rotatable bonds is 8. The molecule has 0 aliphatic heterocycles. The van der Waals surface area contributed by atoms with Gasteiger partial charge in [-0.15, -0.1) is 0 Å². The number of carbonyl (C=O) groups is 2. The lowest BCUT2D eigenvalue weighted by atomic mass is 10.1. The Kier molecular flexibility index (Phi) is 7.06. The van der Waals surface area contributed by atoms with Crippen molar-refractivity contribution in [2.45, 2.75) is 18.9 Å². The molecule has 0 heterocycles. The molecule has 0 radical (unpaired) electrons. The van der Waals surface area contributed by atoms with Crippen molar-refractivity contribution in [3.63, 3.8) is 0 Å². The Hall–Kier alpha value is -3.28. The third-order valence-electron chi connectivity index (χ3n) is 2.66. The van der Waals surface area contributed by atoms with Gasteiger partial charge in [0.05, 0.1) is 15.9 Å². The monoisotopic (exact) mass is 331 g/mol. The van der Waals surface area contributed by atoms with E-state index >= 15 is 0 Å². The van der Waals surface area contributed by atoms with Crippen molar-refractivity contribution >= 4 is 29.0 Å². The first-order valence-electron chi connectivity index (χ1n) is 5.86. The number of aliphatic carboxylic acids is 2. The van der Waals surface area contributed by atoms with E-state index in [9.17, 15) is 29.8 Å². The summed E-state index contributed by atoms with van der Waals surface area (Å²) in [6, 6.07) is 1.30. The zero-order valence-corrected chi connectivity index (χ0v) is 11.5. The van der Waals surface area contributed by atoms with Crippen LogP contribution in [0.15, 0.2) is 18.2 Å². The van der Waals surface area contributed by atoms with Crippen LogP contribution in [0.2, 0.25) is 0 Å². The molecule has 0 saturated carbocycles. The molecule has 0 saturated heterocycles. The largest absolute Gasteiger partial charge is 0.481 e. The Morgan fingerprint density at radius 3 is 2.22 bits per heavy atom. The van der Waals surface area contributed by atoms with Gasteiger partial charge in [0.1, 0.15) is 11.7 Å². The van der Waals surface area contributed by atoms with Crippen LogP contribution in [0.4, 0.5) is 17.1 Å². The first-order valence-corrected chi connectivity index (χ1v) is 5.86. The Morgan fingerprint density at radius 1 is 1.17 bits per heavy atom. The Balaban J connectivity index is 0.00000484. The van der Waals surface area contributed by atoms with E-state index < -0.39 is 45.6 Å². The summed E-state index contributed by atoms with van der Waals surface area (Å²) in [7, 11) is 0. The van der Waals surface area contributed by atoms with Gasteiger partial charge in [-0.05, 0) is 12.5 Å². The third-order valence-corrected chi connectivity index (χ3v) is 2.66. The van der Waals surface area contributed by atoms with Crippen molar-refractivity contribution in [2.75, 3.05) is 5.32 Å². The molecule has 0 amide bonds. The number of nitro benzene ring substituents is 2. The van der Waals surface area contributed by atoms with Crippen LogP contribution < -0.4 is 5.32 Å². The van der Waals surface area contributed by atoms with E-state index in [0.717, 1.165) is 12.1 Å². The van der Waals surface area contributed by atoms with E-state index in [4.69, 9.17) is 10.2 Å².